The number of hydrogen-bond donors (Lipinski definition) is 3. The molecule has 0 saturated heterocycles. The third-order valence-electron chi connectivity index (χ3n) is 5.55. The first-order chi connectivity index (χ1) is 17.9. The number of nitrogens with two attached hydrogens (primary N) is 1. The topological polar surface area (TPSA) is 125 Å². The Morgan fingerprint density at radius 1 is 0.973 bits per heavy atom. The van der Waals surface area contributed by atoms with E-state index < -0.39 is 6.29 Å². The van der Waals surface area contributed by atoms with E-state index in [2.05, 4.69) is 10.6 Å². The van der Waals surface area contributed by atoms with Gasteiger partial charge in [-0.3, -0.25) is 9.59 Å². The average molecular weight is 504 g/mol. The number of furan rings is 1. The molecule has 0 radical (unpaired) electrons. The summed E-state index contributed by atoms with van der Waals surface area (Å²) in [4.78, 5) is 24.9. The maximum absolute atomic E-state index is 12.5. The number of rotatable bonds is 11. The predicted octanol–water partition coefficient (Wildman–Crippen LogP) is 4.84. The summed E-state index contributed by atoms with van der Waals surface area (Å²) in [6.07, 6.45) is 0.198. The second-order valence-electron chi connectivity index (χ2n) is 8.26. The molecular weight excluding hydrogens is 474 g/mol. The molecule has 0 fully saturated rings. The number of benzene rings is 3. The molecule has 0 aliphatic carbocycles. The van der Waals surface area contributed by atoms with Gasteiger partial charge >= 0.3 is 0 Å². The van der Waals surface area contributed by atoms with Crippen molar-refractivity contribution in [3.05, 3.63) is 84.1 Å². The van der Waals surface area contributed by atoms with Gasteiger partial charge in [0.25, 0.3) is 11.8 Å². The van der Waals surface area contributed by atoms with Crippen LogP contribution in [0.2, 0.25) is 0 Å². The second-order valence-corrected chi connectivity index (χ2v) is 8.26. The molecule has 9 nitrogen and oxygen atoms in total. The Bertz CT molecular complexity index is 1370. The van der Waals surface area contributed by atoms with Crippen LogP contribution in [0.25, 0.3) is 11.0 Å². The second kappa shape index (κ2) is 12.0. The number of hydrogen-bond acceptors (Lipinski definition) is 7. The monoisotopic (exact) mass is 503 g/mol. The molecule has 1 heterocycles. The summed E-state index contributed by atoms with van der Waals surface area (Å²) in [5.74, 6) is 0.874. The first-order valence-corrected chi connectivity index (χ1v) is 11.8. The summed E-state index contributed by atoms with van der Waals surface area (Å²) < 4.78 is 22.1. The molecule has 0 saturated carbocycles. The lowest BCUT2D eigenvalue weighted by Crippen LogP contribution is -2.25. The SMILES string of the molecule is COC(C)Oc1ccc2cc(C(=O)NCCCOc3ccc(C(=O)Nc4ccccc4N)cc3)oc2c1. The Balaban J connectivity index is 1.20. The molecule has 0 bridgehead atoms. The zero-order valence-electron chi connectivity index (χ0n) is 20.7. The van der Waals surface area contributed by atoms with E-state index in [1.165, 1.54) is 0 Å². The molecule has 1 atom stereocenters. The molecule has 9 heteroatoms. The maximum atomic E-state index is 12.5. The molecule has 1 aromatic heterocycles. The van der Waals surface area contributed by atoms with Crippen LogP contribution in [0.4, 0.5) is 11.4 Å². The molecule has 0 spiro atoms. The van der Waals surface area contributed by atoms with E-state index in [1.54, 1.807) is 80.8 Å². The van der Waals surface area contributed by atoms with Crippen LogP contribution in [0, 0.1) is 0 Å². The smallest absolute Gasteiger partial charge is 0.287 e. The molecule has 4 aromatic rings. The van der Waals surface area contributed by atoms with Gasteiger partial charge in [0.15, 0.2) is 12.1 Å². The zero-order valence-corrected chi connectivity index (χ0v) is 20.7. The quantitative estimate of drug-likeness (QED) is 0.152. The fraction of sp³-hybridized carbons (Fsp3) is 0.214. The van der Waals surface area contributed by atoms with Gasteiger partial charge in [0, 0.05) is 30.7 Å². The minimum absolute atomic E-state index is 0.221. The van der Waals surface area contributed by atoms with Gasteiger partial charge in [-0.05, 0) is 67.9 Å². The largest absolute Gasteiger partial charge is 0.494 e. The van der Waals surface area contributed by atoms with Crippen molar-refractivity contribution in [3.8, 4) is 11.5 Å². The first kappa shape index (κ1) is 25.6. The van der Waals surface area contributed by atoms with E-state index >= 15 is 0 Å². The molecule has 1 unspecified atom stereocenters. The summed E-state index contributed by atoms with van der Waals surface area (Å²) in [5.41, 5.74) is 7.97. The van der Waals surface area contributed by atoms with Crippen LogP contribution in [-0.4, -0.2) is 38.4 Å². The van der Waals surface area contributed by atoms with Gasteiger partial charge in [0.2, 0.25) is 0 Å². The van der Waals surface area contributed by atoms with Crippen molar-refractivity contribution in [1.82, 2.24) is 5.32 Å². The highest BCUT2D eigenvalue weighted by Gasteiger charge is 2.13. The van der Waals surface area contributed by atoms with E-state index in [0.29, 0.717) is 53.6 Å². The van der Waals surface area contributed by atoms with Crippen LogP contribution in [-0.2, 0) is 4.74 Å². The van der Waals surface area contributed by atoms with E-state index in [4.69, 9.17) is 24.4 Å². The van der Waals surface area contributed by atoms with Gasteiger partial charge in [0.1, 0.15) is 17.1 Å². The third-order valence-corrected chi connectivity index (χ3v) is 5.55. The standard InChI is InChI=1S/C28H29N3O6/c1-18(34-2)36-22-13-10-20-16-26(37-25(20)17-22)28(33)30-14-5-15-35-21-11-8-19(9-12-21)27(32)31-24-7-4-3-6-23(24)29/h3-4,6-13,16-18H,5,14-15,29H2,1-2H3,(H,30,33)(H,31,32). The lowest BCUT2D eigenvalue weighted by atomic mass is 10.2. The van der Waals surface area contributed by atoms with Gasteiger partial charge in [-0.2, -0.15) is 0 Å². The van der Waals surface area contributed by atoms with E-state index in [1.807, 2.05) is 6.07 Å². The third kappa shape index (κ3) is 6.80. The number of carbonyl (C=O) groups excluding carboxylic acids is 2. The van der Waals surface area contributed by atoms with Crippen molar-refractivity contribution >= 4 is 34.2 Å². The highest BCUT2D eigenvalue weighted by molar-refractivity contribution is 6.05. The average Bonchev–Trinajstić information content (AvgIpc) is 3.33. The van der Waals surface area contributed by atoms with Crippen molar-refractivity contribution in [2.75, 3.05) is 31.3 Å². The van der Waals surface area contributed by atoms with Crippen LogP contribution < -0.4 is 25.8 Å². The summed E-state index contributed by atoms with van der Waals surface area (Å²) in [6.45, 7) is 2.59. The number of carbonyl (C=O) groups is 2. The number of nitrogen functional groups attached to an aromatic ring is 1. The highest BCUT2D eigenvalue weighted by atomic mass is 16.7. The molecule has 0 aliphatic heterocycles. The highest BCUT2D eigenvalue weighted by Crippen LogP contribution is 2.25. The van der Waals surface area contributed by atoms with Gasteiger partial charge in [-0.15, -0.1) is 0 Å². The van der Waals surface area contributed by atoms with Crippen molar-refractivity contribution in [1.29, 1.82) is 0 Å². The summed E-state index contributed by atoms with van der Waals surface area (Å²) >= 11 is 0. The summed E-state index contributed by atoms with van der Waals surface area (Å²) in [5, 5.41) is 6.41. The molecule has 2 amide bonds. The molecule has 4 rings (SSSR count). The number of ether oxygens (including phenoxy) is 3. The van der Waals surface area contributed by atoms with Crippen LogP contribution >= 0.6 is 0 Å². The number of amides is 2. The summed E-state index contributed by atoms with van der Waals surface area (Å²) in [7, 11) is 1.56. The fourth-order valence-electron chi connectivity index (χ4n) is 3.50. The lowest BCUT2D eigenvalue weighted by molar-refractivity contribution is -0.0382. The molecule has 37 heavy (non-hydrogen) atoms. The van der Waals surface area contributed by atoms with Crippen LogP contribution in [0.15, 0.2) is 77.2 Å². The Morgan fingerprint density at radius 3 is 2.49 bits per heavy atom. The molecule has 192 valence electrons. The van der Waals surface area contributed by atoms with Crippen molar-refractivity contribution in [3.63, 3.8) is 0 Å². The lowest BCUT2D eigenvalue weighted by Gasteiger charge is -2.11. The number of methoxy groups -OCH3 is 1. The Labute approximate surface area is 214 Å². The molecule has 4 N–H and O–H groups in total. The van der Waals surface area contributed by atoms with Crippen LogP contribution in [0.3, 0.4) is 0 Å². The minimum atomic E-state index is -0.394. The number of nitrogens with one attached hydrogen (secondary N) is 2. The maximum Gasteiger partial charge on any atom is 0.287 e. The van der Waals surface area contributed by atoms with E-state index in [9.17, 15) is 9.59 Å². The number of anilines is 2. The van der Waals surface area contributed by atoms with Crippen molar-refractivity contribution < 1.29 is 28.2 Å². The molecule has 0 aliphatic rings. The van der Waals surface area contributed by atoms with Gasteiger partial charge in [-0.25, -0.2) is 0 Å². The van der Waals surface area contributed by atoms with Crippen LogP contribution in [0.5, 0.6) is 11.5 Å². The minimum Gasteiger partial charge on any atom is -0.494 e. The van der Waals surface area contributed by atoms with E-state index in [-0.39, 0.29) is 17.6 Å². The van der Waals surface area contributed by atoms with E-state index in [0.717, 1.165) is 5.39 Å². The van der Waals surface area contributed by atoms with Crippen LogP contribution in [0.1, 0.15) is 34.3 Å². The zero-order chi connectivity index (χ0) is 26.2. The fourth-order valence-corrected chi connectivity index (χ4v) is 3.50. The van der Waals surface area contributed by atoms with Crippen molar-refractivity contribution in [2.45, 2.75) is 19.6 Å². The van der Waals surface area contributed by atoms with Gasteiger partial charge in [-0.1, -0.05) is 12.1 Å². The number of fused-ring (bicyclic) bond motifs is 1. The Hall–Kier alpha value is -4.50. The van der Waals surface area contributed by atoms with Gasteiger partial charge < -0.3 is 35.0 Å². The van der Waals surface area contributed by atoms with Crippen molar-refractivity contribution in [2.24, 2.45) is 0 Å². The summed E-state index contributed by atoms with van der Waals surface area (Å²) in [6, 6.07) is 20.9. The Kier molecular flexibility index (Phi) is 8.27. The number of para-hydroxylation sites is 2. The van der Waals surface area contributed by atoms with Gasteiger partial charge in [0.05, 0.1) is 18.0 Å². The Morgan fingerprint density at radius 2 is 1.73 bits per heavy atom. The first-order valence-electron chi connectivity index (χ1n) is 11.8. The molecule has 3 aromatic carbocycles. The molecular formula is C28H29N3O6. The normalized spacial score (nSPS) is 11.6. The predicted molar refractivity (Wildman–Crippen MR) is 141 cm³/mol.